The van der Waals surface area contributed by atoms with Crippen LogP contribution in [0.25, 0.3) is 0 Å². The molecule has 3 aliphatic heterocycles. The standard InChI is InChI=1S/C17H19NO4S/c1-10(2)21-16(20)13-12-5-6-17(22-12)9-18(15(19)14(13)17)8-11-4-3-7-23-11/h3-7,10,12-14H,8-9H2,1-2H3/t12-,13-,14-,17+/m0/s1. The third kappa shape index (κ3) is 2.23. The minimum atomic E-state index is -0.653. The summed E-state index contributed by atoms with van der Waals surface area (Å²) >= 11 is 1.63. The Morgan fingerprint density at radius 2 is 2.39 bits per heavy atom. The van der Waals surface area contributed by atoms with Crippen LogP contribution in [0.5, 0.6) is 0 Å². The topological polar surface area (TPSA) is 55.8 Å². The Balaban J connectivity index is 1.59. The van der Waals surface area contributed by atoms with Gasteiger partial charge in [-0.05, 0) is 25.3 Å². The number of ether oxygens (including phenoxy) is 2. The fourth-order valence-corrected chi connectivity index (χ4v) is 4.60. The zero-order valence-electron chi connectivity index (χ0n) is 13.1. The highest BCUT2D eigenvalue weighted by Crippen LogP contribution is 2.52. The van der Waals surface area contributed by atoms with Crippen molar-refractivity contribution in [2.24, 2.45) is 11.8 Å². The zero-order chi connectivity index (χ0) is 16.2. The van der Waals surface area contributed by atoms with Gasteiger partial charge in [0.25, 0.3) is 0 Å². The third-order valence-corrected chi connectivity index (χ3v) is 5.59. The lowest BCUT2D eigenvalue weighted by atomic mass is 9.77. The van der Waals surface area contributed by atoms with Crippen molar-refractivity contribution in [3.8, 4) is 0 Å². The van der Waals surface area contributed by atoms with Gasteiger partial charge in [0.15, 0.2) is 0 Å². The van der Waals surface area contributed by atoms with E-state index >= 15 is 0 Å². The summed E-state index contributed by atoms with van der Waals surface area (Å²) in [5, 5.41) is 2.00. The van der Waals surface area contributed by atoms with E-state index in [1.807, 2.05) is 43.5 Å². The molecule has 0 radical (unpaired) electrons. The Morgan fingerprint density at radius 1 is 1.57 bits per heavy atom. The van der Waals surface area contributed by atoms with Gasteiger partial charge < -0.3 is 14.4 Å². The number of fused-ring (bicyclic) bond motifs is 1. The molecule has 0 aromatic carbocycles. The van der Waals surface area contributed by atoms with E-state index in [2.05, 4.69) is 0 Å². The van der Waals surface area contributed by atoms with E-state index in [1.54, 1.807) is 16.2 Å². The molecule has 0 N–H and O–H groups in total. The van der Waals surface area contributed by atoms with Crippen LogP contribution in [0.4, 0.5) is 0 Å². The monoisotopic (exact) mass is 333 g/mol. The molecule has 1 aromatic heterocycles. The number of esters is 1. The van der Waals surface area contributed by atoms with Gasteiger partial charge in [0.1, 0.15) is 11.5 Å². The number of carbonyl (C=O) groups excluding carboxylic acids is 2. The molecule has 1 spiro atoms. The fraction of sp³-hybridized carbons (Fsp3) is 0.529. The van der Waals surface area contributed by atoms with Crippen LogP contribution in [0.2, 0.25) is 0 Å². The second kappa shape index (κ2) is 5.18. The van der Waals surface area contributed by atoms with Gasteiger partial charge in [0.05, 0.1) is 31.2 Å². The maximum atomic E-state index is 12.9. The van der Waals surface area contributed by atoms with Gasteiger partial charge in [-0.3, -0.25) is 9.59 Å². The highest BCUT2D eigenvalue weighted by atomic mass is 32.1. The first kappa shape index (κ1) is 14.9. The highest BCUT2D eigenvalue weighted by molar-refractivity contribution is 7.09. The molecular formula is C17H19NO4S. The Bertz CT molecular complexity index is 668. The first-order valence-electron chi connectivity index (χ1n) is 7.89. The van der Waals surface area contributed by atoms with Gasteiger partial charge in [-0.25, -0.2) is 0 Å². The average Bonchev–Trinajstić information content (AvgIpc) is 3.21. The van der Waals surface area contributed by atoms with Crippen LogP contribution >= 0.6 is 11.3 Å². The average molecular weight is 333 g/mol. The molecule has 0 unspecified atom stereocenters. The van der Waals surface area contributed by atoms with E-state index in [0.717, 1.165) is 4.88 Å². The lowest BCUT2D eigenvalue weighted by molar-refractivity contribution is -0.157. The first-order chi connectivity index (χ1) is 11.0. The SMILES string of the molecule is CC(C)OC(=O)[C@H]1[C@@H]2C=C[C@]3(CN(Cc4cccs4)C(=O)[C@H]13)O2. The van der Waals surface area contributed by atoms with E-state index in [9.17, 15) is 9.59 Å². The van der Waals surface area contributed by atoms with Crippen LogP contribution in [0.1, 0.15) is 18.7 Å². The summed E-state index contributed by atoms with van der Waals surface area (Å²) in [5.74, 6) is -1.31. The molecule has 122 valence electrons. The summed E-state index contributed by atoms with van der Waals surface area (Å²) in [4.78, 5) is 28.3. The van der Waals surface area contributed by atoms with Gasteiger partial charge >= 0.3 is 5.97 Å². The number of likely N-dealkylation sites (tertiary alicyclic amines) is 1. The number of hydrogen-bond acceptors (Lipinski definition) is 5. The summed E-state index contributed by atoms with van der Waals surface area (Å²) < 4.78 is 11.4. The highest BCUT2D eigenvalue weighted by Gasteiger charge is 2.67. The molecule has 4 atom stereocenters. The quantitative estimate of drug-likeness (QED) is 0.624. The Labute approximate surface area is 138 Å². The molecule has 2 bridgehead atoms. The minimum Gasteiger partial charge on any atom is -0.463 e. The largest absolute Gasteiger partial charge is 0.463 e. The number of hydrogen-bond donors (Lipinski definition) is 0. The maximum Gasteiger partial charge on any atom is 0.313 e. The second-order valence-corrected chi connectivity index (χ2v) is 7.69. The van der Waals surface area contributed by atoms with Crippen LogP contribution in [-0.2, 0) is 25.6 Å². The summed E-state index contributed by atoms with van der Waals surface area (Å²) in [6, 6.07) is 3.99. The molecular weight excluding hydrogens is 314 g/mol. The van der Waals surface area contributed by atoms with E-state index in [4.69, 9.17) is 9.47 Å². The summed E-state index contributed by atoms with van der Waals surface area (Å²) in [6.07, 6.45) is 3.35. The fourth-order valence-electron chi connectivity index (χ4n) is 3.88. The molecule has 1 aromatic rings. The van der Waals surface area contributed by atoms with Gasteiger partial charge in [-0.1, -0.05) is 18.2 Å². The van der Waals surface area contributed by atoms with Crippen LogP contribution in [0.15, 0.2) is 29.7 Å². The summed E-state index contributed by atoms with van der Waals surface area (Å²) in [6.45, 7) is 4.71. The van der Waals surface area contributed by atoms with Gasteiger partial charge in [-0.15, -0.1) is 11.3 Å². The predicted molar refractivity (Wildman–Crippen MR) is 84.7 cm³/mol. The molecule has 2 saturated heterocycles. The lowest BCUT2D eigenvalue weighted by Crippen LogP contribution is -2.40. The second-order valence-electron chi connectivity index (χ2n) is 6.66. The molecule has 6 heteroatoms. The van der Waals surface area contributed by atoms with Gasteiger partial charge in [-0.2, -0.15) is 0 Å². The minimum absolute atomic E-state index is 0.00374. The smallest absolute Gasteiger partial charge is 0.313 e. The molecule has 4 heterocycles. The summed E-state index contributed by atoms with van der Waals surface area (Å²) in [7, 11) is 0. The molecule has 1 amide bonds. The molecule has 0 aliphatic carbocycles. The van der Waals surface area contributed by atoms with Crippen LogP contribution in [0, 0.1) is 11.8 Å². The van der Waals surface area contributed by atoms with Crippen LogP contribution in [-0.4, -0.2) is 41.1 Å². The van der Waals surface area contributed by atoms with Crippen molar-refractivity contribution in [3.05, 3.63) is 34.5 Å². The van der Waals surface area contributed by atoms with E-state index < -0.39 is 17.4 Å². The van der Waals surface area contributed by atoms with Crippen molar-refractivity contribution < 1.29 is 19.1 Å². The number of carbonyl (C=O) groups is 2. The molecule has 0 saturated carbocycles. The van der Waals surface area contributed by atoms with Crippen LogP contribution in [0.3, 0.4) is 0 Å². The van der Waals surface area contributed by atoms with E-state index in [0.29, 0.717) is 13.1 Å². The molecule has 5 nitrogen and oxygen atoms in total. The number of rotatable bonds is 4. The number of amides is 1. The van der Waals surface area contributed by atoms with Gasteiger partial charge in [0, 0.05) is 4.88 Å². The number of nitrogens with zero attached hydrogens (tertiary/aromatic N) is 1. The Kier molecular flexibility index (Phi) is 3.35. The van der Waals surface area contributed by atoms with Crippen molar-refractivity contribution in [2.45, 2.75) is 38.2 Å². The Hall–Kier alpha value is -1.66. The Morgan fingerprint density at radius 3 is 3.09 bits per heavy atom. The van der Waals surface area contributed by atoms with E-state index in [1.165, 1.54) is 0 Å². The maximum absolute atomic E-state index is 12.9. The van der Waals surface area contributed by atoms with E-state index in [-0.39, 0.29) is 24.1 Å². The van der Waals surface area contributed by atoms with Crippen molar-refractivity contribution in [1.29, 1.82) is 0 Å². The molecule has 3 aliphatic rings. The normalized spacial score (nSPS) is 34.5. The lowest BCUT2D eigenvalue weighted by Gasteiger charge is -2.23. The van der Waals surface area contributed by atoms with Crippen LogP contribution < -0.4 is 0 Å². The zero-order valence-corrected chi connectivity index (χ0v) is 13.9. The van der Waals surface area contributed by atoms with Gasteiger partial charge in [0.2, 0.25) is 5.91 Å². The predicted octanol–water partition coefficient (Wildman–Crippen LogP) is 1.98. The summed E-state index contributed by atoms with van der Waals surface area (Å²) in [5.41, 5.74) is -0.653. The molecule has 2 fully saturated rings. The third-order valence-electron chi connectivity index (χ3n) is 4.73. The van der Waals surface area contributed by atoms with Crippen molar-refractivity contribution in [3.63, 3.8) is 0 Å². The molecule has 4 rings (SSSR count). The van der Waals surface area contributed by atoms with Crippen molar-refractivity contribution in [2.75, 3.05) is 6.54 Å². The first-order valence-corrected chi connectivity index (χ1v) is 8.77. The van der Waals surface area contributed by atoms with Crippen molar-refractivity contribution in [1.82, 2.24) is 4.90 Å². The molecule has 23 heavy (non-hydrogen) atoms. The van der Waals surface area contributed by atoms with Crippen molar-refractivity contribution >= 4 is 23.2 Å². The number of thiophene rings is 1.